The van der Waals surface area contributed by atoms with E-state index in [0.717, 1.165) is 14.9 Å². The van der Waals surface area contributed by atoms with Gasteiger partial charge in [-0.15, -0.1) is 0 Å². The number of aromatic amines is 1. The van der Waals surface area contributed by atoms with Crippen molar-refractivity contribution in [2.24, 2.45) is 0 Å². The molecule has 2 nitrogen and oxygen atoms in total. The number of imidazole rings is 1. The average Bonchev–Trinajstić information content (AvgIpc) is 2.31. The third kappa shape index (κ3) is 1.22. The molecular weight excluding hydrogens is 274 g/mol. The minimum Gasteiger partial charge on any atom is -0.333 e. The Morgan fingerprint density at radius 1 is 1.45 bits per heavy atom. The van der Waals surface area contributed by atoms with Gasteiger partial charge >= 0.3 is 0 Å². The Bertz CT molecular complexity index is 396. The van der Waals surface area contributed by atoms with E-state index in [9.17, 15) is 0 Å². The summed E-state index contributed by atoms with van der Waals surface area (Å²) < 4.78 is 0.866. The number of nitrogens with zero attached hydrogens (tertiary/aromatic N) is 1. The van der Waals surface area contributed by atoms with Crippen LogP contribution in [0.3, 0.4) is 0 Å². The molecule has 0 spiro atoms. The lowest BCUT2D eigenvalue weighted by Gasteiger charge is -1.88. The van der Waals surface area contributed by atoms with Crippen molar-refractivity contribution in [3.8, 4) is 0 Å². The predicted molar refractivity (Wildman–Crippen MR) is 53.8 cm³/mol. The van der Waals surface area contributed by atoms with E-state index in [2.05, 4.69) is 32.6 Å². The van der Waals surface area contributed by atoms with Gasteiger partial charge in [-0.2, -0.15) is 0 Å². The minimum atomic E-state index is 0.696. The summed E-state index contributed by atoms with van der Waals surface area (Å²) in [5.41, 5.74) is 1.83. The molecule has 4 heteroatoms. The molecule has 11 heavy (non-hydrogen) atoms. The Labute approximate surface area is 82.1 Å². The molecule has 0 saturated carbocycles. The molecule has 0 radical (unpaired) electrons. The standard InChI is InChI=1S/C7H4ClIN2/c8-4-2-1-3-5-6(4)11-7(9)10-5/h1-3H,(H,10,11). The summed E-state index contributed by atoms with van der Waals surface area (Å²) in [4.78, 5) is 7.30. The van der Waals surface area contributed by atoms with Crippen LogP contribution in [0.5, 0.6) is 0 Å². The summed E-state index contributed by atoms with van der Waals surface area (Å²) in [6.45, 7) is 0. The minimum absolute atomic E-state index is 0.696. The molecule has 0 aliphatic heterocycles. The third-order valence-corrected chi connectivity index (χ3v) is 2.25. The Hall–Kier alpha value is -0.290. The molecule has 0 aliphatic rings. The maximum Gasteiger partial charge on any atom is 0.169 e. The van der Waals surface area contributed by atoms with Crippen LogP contribution in [-0.2, 0) is 0 Å². The molecule has 1 aromatic heterocycles. The van der Waals surface area contributed by atoms with Crippen molar-refractivity contribution in [2.45, 2.75) is 0 Å². The number of hydrogen-bond donors (Lipinski definition) is 1. The van der Waals surface area contributed by atoms with Gasteiger partial charge in [-0.25, -0.2) is 4.98 Å². The molecule has 1 aromatic carbocycles. The van der Waals surface area contributed by atoms with Crippen molar-refractivity contribution in [1.29, 1.82) is 0 Å². The highest BCUT2D eigenvalue weighted by molar-refractivity contribution is 14.1. The number of halogens is 2. The molecule has 0 bridgehead atoms. The molecule has 56 valence electrons. The van der Waals surface area contributed by atoms with Gasteiger partial charge in [-0.3, -0.25) is 0 Å². The van der Waals surface area contributed by atoms with Crippen LogP contribution in [0.15, 0.2) is 18.2 Å². The smallest absolute Gasteiger partial charge is 0.169 e. The lowest BCUT2D eigenvalue weighted by molar-refractivity contribution is 1.26. The van der Waals surface area contributed by atoms with Crippen LogP contribution in [0.2, 0.25) is 5.02 Å². The number of hydrogen-bond acceptors (Lipinski definition) is 1. The average molecular weight is 278 g/mol. The van der Waals surface area contributed by atoms with Crippen molar-refractivity contribution >= 4 is 45.2 Å². The van der Waals surface area contributed by atoms with Gasteiger partial charge in [-0.05, 0) is 34.7 Å². The maximum absolute atomic E-state index is 5.88. The first-order valence-corrected chi connectivity index (χ1v) is 4.53. The molecule has 1 N–H and O–H groups in total. The monoisotopic (exact) mass is 278 g/mol. The number of aromatic nitrogens is 2. The van der Waals surface area contributed by atoms with E-state index < -0.39 is 0 Å². The van der Waals surface area contributed by atoms with E-state index in [1.54, 1.807) is 0 Å². The summed E-state index contributed by atoms with van der Waals surface area (Å²) >= 11 is 8.01. The van der Waals surface area contributed by atoms with Crippen LogP contribution in [0.1, 0.15) is 0 Å². The van der Waals surface area contributed by atoms with Gasteiger partial charge in [0.05, 0.1) is 10.5 Å². The summed E-state index contributed by atoms with van der Waals surface area (Å²) in [5.74, 6) is 0. The van der Waals surface area contributed by atoms with Crippen molar-refractivity contribution < 1.29 is 0 Å². The van der Waals surface area contributed by atoms with Crippen molar-refractivity contribution in [2.75, 3.05) is 0 Å². The second-order valence-corrected chi connectivity index (χ2v) is 3.59. The van der Waals surface area contributed by atoms with E-state index in [0.29, 0.717) is 5.02 Å². The molecule has 1 heterocycles. The first kappa shape index (κ1) is 7.36. The van der Waals surface area contributed by atoms with Gasteiger partial charge in [0.2, 0.25) is 0 Å². The Morgan fingerprint density at radius 3 is 3.00 bits per heavy atom. The summed E-state index contributed by atoms with van der Waals surface area (Å²) in [6, 6.07) is 5.69. The van der Waals surface area contributed by atoms with E-state index in [-0.39, 0.29) is 0 Å². The van der Waals surface area contributed by atoms with Crippen LogP contribution in [-0.4, -0.2) is 9.97 Å². The molecule has 0 aliphatic carbocycles. The lowest BCUT2D eigenvalue weighted by atomic mass is 10.3. The second kappa shape index (κ2) is 2.64. The zero-order valence-corrected chi connectivity index (χ0v) is 8.35. The summed E-state index contributed by atoms with van der Waals surface area (Å²) in [5, 5.41) is 0.696. The number of H-pyrrole nitrogens is 1. The molecule has 0 unspecified atom stereocenters. The number of nitrogens with one attached hydrogen (secondary N) is 1. The number of para-hydroxylation sites is 1. The maximum atomic E-state index is 5.88. The quantitative estimate of drug-likeness (QED) is 0.738. The van der Waals surface area contributed by atoms with E-state index >= 15 is 0 Å². The molecular formula is C7H4ClIN2. The number of fused-ring (bicyclic) bond motifs is 1. The fourth-order valence-electron chi connectivity index (χ4n) is 0.967. The Morgan fingerprint density at radius 2 is 2.27 bits per heavy atom. The van der Waals surface area contributed by atoms with E-state index in [4.69, 9.17) is 11.6 Å². The van der Waals surface area contributed by atoms with Crippen molar-refractivity contribution in [1.82, 2.24) is 9.97 Å². The third-order valence-electron chi connectivity index (χ3n) is 1.43. The first-order chi connectivity index (χ1) is 5.27. The molecule has 0 atom stereocenters. The normalized spacial score (nSPS) is 10.7. The van der Waals surface area contributed by atoms with Crippen LogP contribution in [0, 0.1) is 3.83 Å². The Balaban J connectivity index is 2.90. The van der Waals surface area contributed by atoms with E-state index in [1.807, 2.05) is 18.2 Å². The van der Waals surface area contributed by atoms with Crippen LogP contribution in [0.4, 0.5) is 0 Å². The van der Waals surface area contributed by atoms with E-state index in [1.165, 1.54) is 0 Å². The molecule has 2 aromatic rings. The van der Waals surface area contributed by atoms with Gasteiger partial charge in [0.1, 0.15) is 5.52 Å². The molecule has 2 rings (SSSR count). The lowest BCUT2D eigenvalue weighted by Crippen LogP contribution is -1.69. The highest BCUT2D eigenvalue weighted by Crippen LogP contribution is 2.20. The molecule has 0 saturated heterocycles. The largest absolute Gasteiger partial charge is 0.333 e. The highest BCUT2D eigenvalue weighted by atomic mass is 127. The highest BCUT2D eigenvalue weighted by Gasteiger charge is 2.01. The zero-order chi connectivity index (χ0) is 7.84. The molecule has 0 amide bonds. The molecule has 0 fully saturated rings. The number of benzene rings is 1. The van der Waals surface area contributed by atoms with Gasteiger partial charge in [0, 0.05) is 0 Å². The number of rotatable bonds is 0. The topological polar surface area (TPSA) is 28.7 Å². The van der Waals surface area contributed by atoms with Crippen LogP contribution in [0.25, 0.3) is 11.0 Å². The first-order valence-electron chi connectivity index (χ1n) is 3.07. The zero-order valence-electron chi connectivity index (χ0n) is 5.44. The fourth-order valence-corrected chi connectivity index (χ4v) is 1.72. The van der Waals surface area contributed by atoms with Crippen molar-refractivity contribution in [3.63, 3.8) is 0 Å². The second-order valence-electron chi connectivity index (χ2n) is 2.16. The SMILES string of the molecule is Clc1cccc2[nH]c(I)nc12. The van der Waals surface area contributed by atoms with Crippen LogP contribution >= 0.6 is 34.2 Å². The van der Waals surface area contributed by atoms with Gasteiger partial charge in [-0.1, -0.05) is 17.7 Å². The van der Waals surface area contributed by atoms with Crippen LogP contribution < -0.4 is 0 Å². The fraction of sp³-hybridized carbons (Fsp3) is 0. The summed E-state index contributed by atoms with van der Waals surface area (Å²) in [6.07, 6.45) is 0. The summed E-state index contributed by atoms with van der Waals surface area (Å²) in [7, 11) is 0. The van der Waals surface area contributed by atoms with Gasteiger partial charge < -0.3 is 4.98 Å². The van der Waals surface area contributed by atoms with Crippen molar-refractivity contribution in [3.05, 3.63) is 27.1 Å². The van der Waals surface area contributed by atoms with Gasteiger partial charge in [0.15, 0.2) is 3.83 Å². The predicted octanol–water partition coefficient (Wildman–Crippen LogP) is 2.82. The van der Waals surface area contributed by atoms with Gasteiger partial charge in [0.25, 0.3) is 0 Å². The Kier molecular flexibility index (Phi) is 1.77.